The van der Waals surface area contributed by atoms with E-state index in [0.717, 1.165) is 10.5 Å². The lowest BCUT2D eigenvalue weighted by Gasteiger charge is -2.14. The van der Waals surface area contributed by atoms with Crippen LogP contribution in [-0.4, -0.2) is 32.0 Å². The number of hydrogen-bond acceptors (Lipinski definition) is 2. The lowest BCUT2D eigenvalue weighted by atomic mass is 10.2. The normalized spacial score (nSPS) is 11.6. The predicted octanol–water partition coefficient (Wildman–Crippen LogP) is 0.595. The number of carbonyl (C=O) groups is 2. The minimum absolute atomic E-state index is 0.120. The van der Waals surface area contributed by atoms with Gasteiger partial charge in [0.05, 0.1) is 7.05 Å². The van der Waals surface area contributed by atoms with Gasteiger partial charge in [-0.3, -0.25) is 9.59 Å². The highest BCUT2D eigenvalue weighted by atomic mass is 19.1. The second kappa shape index (κ2) is 8.79. The molecule has 0 aliphatic heterocycles. The summed E-state index contributed by atoms with van der Waals surface area (Å²) in [5.74, 6) is -0.702. The number of quaternary nitrogens is 1. The Morgan fingerprint density at radius 2 is 1.58 bits per heavy atom. The second-order valence-electron chi connectivity index (χ2n) is 5.63. The van der Waals surface area contributed by atoms with Crippen molar-refractivity contribution in [1.82, 2.24) is 5.32 Å². The zero-order valence-electron chi connectivity index (χ0n) is 13.5. The van der Waals surface area contributed by atoms with Gasteiger partial charge in [0, 0.05) is 12.2 Å². The minimum Gasteiger partial charge on any atom is -0.347 e. The molecule has 126 valence electrons. The van der Waals surface area contributed by atoms with Crippen LogP contribution >= 0.6 is 0 Å². The van der Waals surface area contributed by atoms with Crippen LogP contribution in [0, 0.1) is 5.82 Å². The van der Waals surface area contributed by atoms with Crippen molar-refractivity contribution in [3.8, 4) is 0 Å². The summed E-state index contributed by atoms with van der Waals surface area (Å²) in [5, 5.41) is 5.50. The number of benzene rings is 2. The van der Waals surface area contributed by atoms with Gasteiger partial charge in [0.15, 0.2) is 13.1 Å². The Morgan fingerprint density at radius 1 is 0.958 bits per heavy atom. The second-order valence-corrected chi connectivity index (χ2v) is 5.63. The zero-order valence-corrected chi connectivity index (χ0v) is 13.5. The molecular weight excluding hydrogens is 309 g/mol. The molecule has 2 amide bonds. The third kappa shape index (κ3) is 6.18. The first-order chi connectivity index (χ1) is 11.5. The molecule has 3 N–H and O–H groups in total. The van der Waals surface area contributed by atoms with Gasteiger partial charge in [-0.2, -0.15) is 0 Å². The van der Waals surface area contributed by atoms with Gasteiger partial charge in [-0.05, 0) is 29.8 Å². The fourth-order valence-electron chi connectivity index (χ4n) is 2.21. The number of anilines is 1. The number of carbonyl (C=O) groups excluding carboxylic acids is 2. The maximum atomic E-state index is 12.8. The molecule has 6 heteroatoms. The highest BCUT2D eigenvalue weighted by Gasteiger charge is 2.14. The summed E-state index contributed by atoms with van der Waals surface area (Å²) in [6, 6.07) is 15.2. The van der Waals surface area contributed by atoms with E-state index in [1.807, 2.05) is 30.3 Å². The van der Waals surface area contributed by atoms with Crippen molar-refractivity contribution < 1.29 is 18.9 Å². The van der Waals surface area contributed by atoms with E-state index >= 15 is 0 Å². The van der Waals surface area contributed by atoms with Gasteiger partial charge in [-0.15, -0.1) is 0 Å². The van der Waals surface area contributed by atoms with E-state index in [1.54, 1.807) is 7.05 Å². The maximum Gasteiger partial charge on any atom is 0.279 e. The van der Waals surface area contributed by atoms with Crippen LogP contribution in [-0.2, 0) is 16.1 Å². The van der Waals surface area contributed by atoms with E-state index in [2.05, 4.69) is 10.6 Å². The van der Waals surface area contributed by atoms with Crippen LogP contribution in [0.4, 0.5) is 10.1 Å². The van der Waals surface area contributed by atoms with Gasteiger partial charge in [0.2, 0.25) is 0 Å². The number of rotatable bonds is 7. The molecule has 1 unspecified atom stereocenters. The van der Waals surface area contributed by atoms with E-state index in [1.165, 1.54) is 24.3 Å². The van der Waals surface area contributed by atoms with Crippen molar-refractivity contribution in [2.24, 2.45) is 0 Å². The molecule has 0 aromatic heterocycles. The van der Waals surface area contributed by atoms with Crippen molar-refractivity contribution >= 4 is 17.5 Å². The lowest BCUT2D eigenvalue weighted by Crippen LogP contribution is -3.11. The molecule has 0 aliphatic rings. The van der Waals surface area contributed by atoms with Gasteiger partial charge in [-0.25, -0.2) is 4.39 Å². The van der Waals surface area contributed by atoms with Gasteiger partial charge in [-0.1, -0.05) is 30.3 Å². The molecule has 1 atom stereocenters. The molecule has 0 heterocycles. The van der Waals surface area contributed by atoms with Gasteiger partial charge >= 0.3 is 0 Å². The molecule has 0 bridgehead atoms. The summed E-state index contributed by atoms with van der Waals surface area (Å²) in [5.41, 5.74) is 1.56. The fourth-order valence-corrected chi connectivity index (χ4v) is 2.21. The largest absolute Gasteiger partial charge is 0.347 e. The highest BCUT2D eigenvalue weighted by molar-refractivity contribution is 5.91. The summed E-state index contributed by atoms with van der Waals surface area (Å²) in [7, 11) is 1.77. The minimum atomic E-state index is -0.356. The maximum absolute atomic E-state index is 12.8. The quantitative estimate of drug-likeness (QED) is 0.696. The van der Waals surface area contributed by atoms with Crippen molar-refractivity contribution in [2.75, 3.05) is 25.5 Å². The topological polar surface area (TPSA) is 62.6 Å². The fraction of sp³-hybridized carbons (Fsp3) is 0.222. The molecule has 0 fully saturated rings. The summed E-state index contributed by atoms with van der Waals surface area (Å²) in [6.07, 6.45) is 0. The van der Waals surface area contributed by atoms with Crippen LogP contribution in [0.15, 0.2) is 54.6 Å². The van der Waals surface area contributed by atoms with Crippen molar-refractivity contribution in [1.29, 1.82) is 0 Å². The van der Waals surface area contributed by atoms with Gasteiger partial charge < -0.3 is 15.5 Å². The molecule has 0 saturated heterocycles. The van der Waals surface area contributed by atoms with E-state index in [4.69, 9.17) is 0 Å². The van der Waals surface area contributed by atoms with E-state index in [-0.39, 0.29) is 30.7 Å². The molecular formula is C18H21FN3O2+. The summed E-state index contributed by atoms with van der Waals surface area (Å²) < 4.78 is 12.8. The first-order valence-corrected chi connectivity index (χ1v) is 7.70. The molecule has 24 heavy (non-hydrogen) atoms. The Hall–Kier alpha value is -2.73. The van der Waals surface area contributed by atoms with E-state index in [9.17, 15) is 14.0 Å². The Bertz CT molecular complexity index is 674. The number of halogens is 1. The SMILES string of the molecule is C[NH+](CC(=O)NCc1ccccc1)CC(=O)Nc1ccc(F)cc1. The molecule has 2 rings (SSSR count). The highest BCUT2D eigenvalue weighted by Crippen LogP contribution is 2.07. The average Bonchev–Trinajstić information content (AvgIpc) is 2.56. The number of likely N-dealkylation sites (N-methyl/N-ethyl adjacent to an activating group) is 1. The van der Waals surface area contributed by atoms with Crippen molar-refractivity contribution in [3.05, 3.63) is 66.0 Å². The van der Waals surface area contributed by atoms with Crippen LogP contribution in [0.3, 0.4) is 0 Å². The van der Waals surface area contributed by atoms with Crippen LogP contribution in [0.5, 0.6) is 0 Å². The van der Waals surface area contributed by atoms with Gasteiger partial charge in [0.1, 0.15) is 5.82 Å². The summed E-state index contributed by atoms with van der Waals surface area (Å²) in [6.45, 7) is 0.814. The Balaban J connectivity index is 1.71. The first kappa shape index (κ1) is 17.6. The summed E-state index contributed by atoms with van der Waals surface area (Å²) in [4.78, 5) is 24.6. The van der Waals surface area contributed by atoms with Gasteiger partial charge in [0.25, 0.3) is 11.8 Å². The Morgan fingerprint density at radius 3 is 2.25 bits per heavy atom. The van der Waals surface area contributed by atoms with Crippen molar-refractivity contribution in [3.63, 3.8) is 0 Å². The van der Waals surface area contributed by atoms with Crippen molar-refractivity contribution in [2.45, 2.75) is 6.54 Å². The third-order valence-electron chi connectivity index (χ3n) is 3.39. The molecule has 2 aromatic rings. The Kier molecular flexibility index (Phi) is 6.45. The van der Waals surface area contributed by atoms with E-state index in [0.29, 0.717) is 12.2 Å². The number of hydrogen-bond donors (Lipinski definition) is 3. The van der Waals surface area contributed by atoms with Crippen LogP contribution in [0.1, 0.15) is 5.56 Å². The molecule has 5 nitrogen and oxygen atoms in total. The van der Waals surface area contributed by atoms with Crippen LogP contribution in [0.25, 0.3) is 0 Å². The molecule has 0 radical (unpaired) electrons. The molecule has 0 aliphatic carbocycles. The third-order valence-corrected chi connectivity index (χ3v) is 3.39. The Labute approximate surface area is 140 Å². The first-order valence-electron chi connectivity index (χ1n) is 7.70. The van der Waals surface area contributed by atoms with E-state index < -0.39 is 0 Å². The summed E-state index contributed by atoms with van der Waals surface area (Å²) >= 11 is 0. The zero-order chi connectivity index (χ0) is 17.4. The molecule has 0 spiro atoms. The average molecular weight is 330 g/mol. The van der Waals surface area contributed by atoms with Crippen LogP contribution < -0.4 is 15.5 Å². The lowest BCUT2D eigenvalue weighted by molar-refractivity contribution is -0.862. The number of nitrogens with one attached hydrogen (secondary N) is 3. The number of amides is 2. The molecule has 0 saturated carbocycles. The smallest absolute Gasteiger partial charge is 0.279 e. The van der Waals surface area contributed by atoms with Crippen LogP contribution in [0.2, 0.25) is 0 Å². The molecule has 2 aromatic carbocycles. The predicted molar refractivity (Wildman–Crippen MR) is 89.9 cm³/mol. The standard InChI is InChI=1S/C18H20FN3O2/c1-22(12-17(23)20-11-14-5-3-2-4-6-14)13-18(24)21-16-9-7-15(19)8-10-16/h2-10H,11-13H2,1H3,(H,20,23)(H,21,24)/p+1. The monoisotopic (exact) mass is 330 g/mol.